The highest BCUT2D eigenvalue weighted by molar-refractivity contribution is 5.94. The summed E-state index contributed by atoms with van der Waals surface area (Å²) in [7, 11) is 0. The van der Waals surface area contributed by atoms with Crippen molar-refractivity contribution in [3.05, 3.63) is 96.1 Å². The third-order valence-corrected chi connectivity index (χ3v) is 5.33. The van der Waals surface area contributed by atoms with Gasteiger partial charge >= 0.3 is 0 Å². The average molecular weight is 475 g/mol. The van der Waals surface area contributed by atoms with Crippen LogP contribution in [-0.4, -0.2) is 42.0 Å². The molecule has 0 fully saturated rings. The Morgan fingerprint density at radius 3 is 2.40 bits per heavy atom. The van der Waals surface area contributed by atoms with Gasteiger partial charge in [0.25, 0.3) is 5.91 Å². The maximum atomic E-state index is 13.0. The molecular weight excluding hydrogens is 453 g/mol. The predicted octanol–water partition coefficient (Wildman–Crippen LogP) is 2.48. The average Bonchev–Trinajstić information content (AvgIpc) is 3.37. The van der Waals surface area contributed by atoms with Crippen LogP contribution in [0.5, 0.6) is 0 Å². The summed E-state index contributed by atoms with van der Waals surface area (Å²) in [5.41, 5.74) is 5.25. The maximum absolute atomic E-state index is 13.0. The molecule has 1 atom stereocenters. The molecule has 0 saturated heterocycles. The molecule has 0 aliphatic heterocycles. The summed E-state index contributed by atoms with van der Waals surface area (Å²) in [5, 5.41) is 19.9. The van der Waals surface area contributed by atoms with Crippen LogP contribution in [0.1, 0.15) is 34.1 Å². The van der Waals surface area contributed by atoms with Crippen LogP contribution in [-0.2, 0) is 17.8 Å². The minimum atomic E-state index is -0.560. The van der Waals surface area contributed by atoms with Crippen LogP contribution < -0.4 is 10.8 Å². The van der Waals surface area contributed by atoms with Crippen LogP contribution in [0.15, 0.2) is 73.4 Å². The summed E-state index contributed by atoms with van der Waals surface area (Å²) >= 11 is 0. The molecular formula is C24H22FN7O3. The number of amides is 2. The van der Waals surface area contributed by atoms with E-state index in [1.54, 1.807) is 24.1 Å². The Bertz CT molecular complexity index is 1280. The lowest BCUT2D eigenvalue weighted by Crippen LogP contribution is -2.25. The second kappa shape index (κ2) is 11.1. The first-order valence-corrected chi connectivity index (χ1v) is 10.7. The molecule has 0 bridgehead atoms. The molecule has 2 aromatic heterocycles. The van der Waals surface area contributed by atoms with Crippen LogP contribution >= 0.6 is 0 Å². The third-order valence-electron chi connectivity index (χ3n) is 5.33. The van der Waals surface area contributed by atoms with Gasteiger partial charge in [-0.05, 0) is 41.8 Å². The number of carbonyl (C=O) groups excluding carboxylic acids is 2. The van der Waals surface area contributed by atoms with Crippen LogP contribution in [0.2, 0.25) is 0 Å². The molecule has 178 valence electrons. The molecule has 4 rings (SSSR count). The van der Waals surface area contributed by atoms with Crippen molar-refractivity contribution in [1.29, 1.82) is 0 Å². The van der Waals surface area contributed by atoms with Crippen molar-refractivity contribution in [2.24, 2.45) is 0 Å². The van der Waals surface area contributed by atoms with Crippen molar-refractivity contribution in [1.82, 2.24) is 35.8 Å². The summed E-state index contributed by atoms with van der Waals surface area (Å²) in [6.45, 7) is 0.100. The van der Waals surface area contributed by atoms with Gasteiger partial charge in [-0.25, -0.2) is 24.5 Å². The molecule has 35 heavy (non-hydrogen) atoms. The third kappa shape index (κ3) is 6.30. The smallest absolute Gasteiger partial charge is 0.251 e. The Morgan fingerprint density at radius 2 is 1.71 bits per heavy atom. The molecule has 0 aliphatic carbocycles. The number of rotatable bonds is 9. The van der Waals surface area contributed by atoms with Gasteiger partial charge in [0.05, 0.1) is 25.2 Å². The minimum Gasteiger partial charge on any atom is -0.346 e. The zero-order chi connectivity index (χ0) is 24.6. The zero-order valence-electron chi connectivity index (χ0n) is 18.5. The van der Waals surface area contributed by atoms with Gasteiger partial charge in [-0.15, -0.1) is 5.10 Å². The normalized spacial score (nSPS) is 11.6. The molecule has 11 heteroatoms. The van der Waals surface area contributed by atoms with E-state index in [4.69, 9.17) is 5.21 Å². The molecule has 10 nitrogen and oxygen atoms in total. The van der Waals surface area contributed by atoms with E-state index in [0.29, 0.717) is 17.7 Å². The fraction of sp³-hybridized carbons (Fsp3) is 0.167. The second-order valence-electron chi connectivity index (χ2n) is 7.80. The molecule has 2 heterocycles. The van der Waals surface area contributed by atoms with E-state index in [9.17, 15) is 14.0 Å². The fourth-order valence-corrected chi connectivity index (χ4v) is 3.52. The Labute approximate surface area is 199 Å². The summed E-state index contributed by atoms with van der Waals surface area (Å²) in [4.78, 5) is 32.2. The Kier molecular flexibility index (Phi) is 7.48. The number of halogens is 1. The molecule has 0 radical (unpaired) electrons. The zero-order valence-corrected chi connectivity index (χ0v) is 18.5. The number of hydrogen-bond acceptors (Lipinski definition) is 7. The van der Waals surface area contributed by atoms with E-state index >= 15 is 0 Å². The van der Waals surface area contributed by atoms with Gasteiger partial charge in [-0.1, -0.05) is 29.5 Å². The predicted molar refractivity (Wildman–Crippen MR) is 122 cm³/mol. The van der Waals surface area contributed by atoms with Gasteiger partial charge in [-0.2, -0.15) is 0 Å². The summed E-state index contributed by atoms with van der Waals surface area (Å²) in [5.74, 6) is -1.36. The van der Waals surface area contributed by atoms with Gasteiger partial charge in [0.15, 0.2) is 0 Å². The Hall–Kier alpha value is -4.51. The SMILES string of the molecule is O=C(CC(Cc1ccc(-c2cncnc2)cc1)n1cc(CNC(=O)c2ccc(F)cc2)nn1)NO. The molecule has 3 N–H and O–H groups in total. The van der Waals surface area contributed by atoms with Crippen molar-refractivity contribution < 1.29 is 19.2 Å². The van der Waals surface area contributed by atoms with E-state index in [1.807, 2.05) is 24.3 Å². The molecule has 2 amide bonds. The van der Waals surface area contributed by atoms with Crippen molar-refractivity contribution in [2.45, 2.75) is 25.4 Å². The molecule has 1 unspecified atom stereocenters. The Morgan fingerprint density at radius 1 is 1.00 bits per heavy atom. The molecule has 2 aromatic carbocycles. The highest BCUT2D eigenvalue weighted by Gasteiger charge is 2.19. The van der Waals surface area contributed by atoms with E-state index in [0.717, 1.165) is 16.7 Å². The lowest BCUT2D eigenvalue weighted by molar-refractivity contribution is -0.130. The summed E-state index contributed by atoms with van der Waals surface area (Å²) in [6, 6.07) is 12.5. The van der Waals surface area contributed by atoms with Crippen LogP contribution in [0.3, 0.4) is 0 Å². The molecule has 4 aromatic rings. The second-order valence-corrected chi connectivity index (χ2v) is 7.80. The van der Waals surface area contributed by atoms with Crippen molar-refractivity contribution in [3.8, 4) is 11.1 Å². The number of nitrogens with one attached hydrogen (secondary N) is 2. The summed E-state index contributed by atoms with van der Waals surface area (Å²) < 4.78 is 14.6. The number of nitrogens with zero attached hydrogens (tertiary/aromatic N) is 5. The first-order valence-electron chi connectivity index (χ1n) is 10.7. The van der Waals surface area contributed by atoms with E-state index in [-0.39, 0.29) is 18.9 Å². The monoisotopic (exact) mass is 475 g/mol. The highest BCUT2D eigenvalue weighted by atomic mass is 19.1. The van der Waals surface area contributed by atoms with Gasteiger partial charge in [-0.3, -0.25) is 14.8 Å². The number of carbonyl (C=O) groups is 2. The van der Waals surface area contributed by atoms with Gasteiger partial charge in [0.2, 0.25) is 5.91 Å². The minimum absolute atomic E-state index is 0.0322. The lowest BCUT2D eigenvalue weighted by Gasteiger charge is -2.16. The highest BCUT2D eigenvalue weighted by Crippen LogP contribution is 2.22. The van der Waals surface area contributed by atoms with Gasteiger partial charge < -0.3 is 5.32 Å². The number of aromatic nitrogens is 5. The first-order chi connectivity index (χ1) is 17.0. The Balaban J connectivity index is 1.44. The molecule has 0 saturated carbocycles. The first kappa shape index (κ1) is 23.6. The molecule has 0 spiro atoms. The topological polar surface area (TPSA) is 135 Å². The largest absolute Gasteiger partial charge is 0.346 e. The number of benzene rings is 2. The standard InChI is InChI=1S/C24H22FN7O3/c25-20-7-5-18(6-8-20)24(34)28-13-21-14-32(31-29-21)22(10-23(33)30-35)9-16-1-3-17(4-2-16)19-11-26-15-27-12-19/h1-8,11-12,14-15,22,35H,9-10,13H2,(H,28,34)(H,30,33). The van der Waals surface area contributed by atoms with E-state index in [2.05, 4.69) is 25.6 Å². The van der Waals surface area contributed by atoms with E-state index < -0.39 is 17.8 Å². The van der Waals surface area contributed by atoms with Gasteiger partial charge in [0, 0.05) is 23.5 Å². The van der Waals surface area contributed by atoms with E-state index in [1.165, 1.54) is 35.3 Å². The quantitative estimate of drug-likeness (QED) is 0.250. The van der Waals surface area contributed by atoms with Crippen molar-refractivity contribution in [3.63, 3.8) is 0 Å². The van der Waals surface area contributed by atoms with Crippen molar-refractivity contribution >= 4 is 11.8 Å². The van der Waals surface area contributed by atoms with Crippen molar-refractivity contribution in [2.75, 3.05) is 0 Å². The summed E-state index contributed by atoms with van der Waals surface area (Å²) in [6.07, 6.45) is 6.97. The van der Waals surface area contributed by atoms with Gasteiger partial charge in [0.1, 0.15) is 17.8 Å². The lowest BCUT2D eigenvalue weighted by atomic mass is 10.0. The van der Waals surface area contributed by atoms with Crippen LogP contribution in [0.4, 0.5) is 4.39 Å². The maximum Gasteiger partial charge on any atom is 0.251 e. The van der Waals surface area contributed by atoms with Crippen LogP contribution in [0, 0.1) is 5.82 Å². The number of hydroxylamine groups is 1. The van der Waals surface area contributed by atoms with Crippen LogP contribution in [0.25, 0.3) is 11.1 Å². The molecule has 0 aliphatic rings. The fourth-order valence-electron chi connectivity index (χ4n) is 3.52. The number of hydrogen-bond donors (Lipinski definition) is 3.